The maximum atomic E-state index is 12.1. The van der Waals surface area contributed by atoms with Crippen LogP contribution in [0.3, 0.4) is 0 Å². The van der Waals surface area contributed by atoms with Gasteiger partial charge in [0.15, 0.2) is 0 Å². The van der Waals surface area contributed by atoms with Crippen molar-refractivity contribution in [3.63, 3.8) is 0 Å². The van der Waals surface area contributed by atoms with Crippen molar-refractivity contribution in [2.24, 2.45) is 0 Å². The number of hydrogen-bond donors (Lipinski definition) is 2. The van der Waals surface area contributed by atoms with Gasteiger partial charge < -0.3 is 19.9 Å². The molecule has 116 valence electrons. The molecule has 1 heterocycles. The molecule has 1 fully saturated rings. The minimum Gasteiger partial charge on any atom is -0.495 e. The molecule has 0 saturated carbocycles. The van der Waals surface area contributed by atoms with Gasteiger partial charge in [-0.3, -0.25) is 9.69 Å². The van der Waals surface area contributed by atoms with Crippen LogP contribution in [0, 0.1) is 0 Å². The van der Waals surface area contributed by atoms with Gasteiger partial charge in [0.2, 0.25) is 5.91 Å². The van der Waals surface area contributed by atoms with Crippen LogP contribution in [-0.2, 0) is 9.53 Å². The van der Waals surface area contributed by atoms with Gasteiger partial charge in [0.05, 0.1) is 38.2 Å². The number of para-hydroxylation sites is 2. The first-order chi connectivity index (χ1) is 10.1. The molecule has 1 saturated heterocycles. The molecular weight excluding hydrogens is 272 g/mol. The number of nitrogens with one attached hydrogen (secondary N) is 1. The van der Waals surface area contributed by atoms with Crippen LogP contribution in [-0.4, -0.2) is 61.5 Å². The van der Waals surface area contributed by atoms with Crippen LogP contribution in [0.4, 0.5) is 5.69 Å². The lowest BCUT2D eigenvalue weighted by molar-refractivity contribution is -0.124. The Hall–Kier alpha value is -1.63. The molecule has 6 nitrogen and oxygen atoms in total. The fourth-order valence-corrected chi connectivity index (χ4v) is 2.51. The fourth-order valence-electron chi connectivity index (χ4n) is 2.51. The Morgan fingerprint density at radius 3 is 2.95 bits per heavy atom. The van der Waals surface area contributed by atoms with Gasteiger partial charge in [-0.1, -0.05) is 12.1 Å². The molecule has 2 atom stereocenters. The topological polar surface area (TPSA) is 71.0 Å². The first kappa shape index (κ1) is 15.8. The fraction of sp³-hybridized carbons (Fsp3) is 0.533. The number of morpholine rings is 1. The van der Waals surface area contributed by atoms with E-state index in [2.05, 4.69) is 5.32 Å². The molecule has 2 unspecified atom stereocenters. The summed E-state index contributed by atoms with van der Waals surface area (Å²) < 4.78 is 10.8. The summed E-state index contributed by atoms with van der Waals surface area (Å²) in [5, 5.41) is 12.0. The number of carbonyl (C=O) groups is 1. The number of ether oxygens (including phenoxy) is 2. The summed E-state index contributed by atoms with van der Waals surface area (Å²) in [6.07, 6.45) is -0.220. The maximum absolute atomic E-state index is 12.1. The Morgan fingerprint density at radius 1 is 1.48 bits per heavy atom. The van der Waals surface area contributed by atoms with Crippen LogP contribution in [0.1, 0.15) is 6.92 Å². The second kappa shape index (κ2) is 7.40. The number of aliphatic hydroxyl groups excluding tert-OH is 1. The lowest BCUT2D eigenvalue weighted by Crippen LogP contribution is -2.50. The first-order valence-electron chi connectivity index (χ1n) is 7.04. The third kappa shape index (κ3) is 4.42. The van der Waals surface area contributed by atoms with E-state index >= 15 is 0 Å². The number of hydrogen-bond acceptors (Lipinski definition) is 5. The first-order valence-corrected chi connectivity index (χ1v) is 7.04. The highest BCUT2D eigenvalue weighted by Gasteiger charge is 2.26. The molecule has 0 bridgehead atoms. The molecule has 0 radical (unpaired) electrons. The van der Waals surface area contributed by atoms with E-state index in [-0.39, 0.29) is 31.3 Å². The van der Waals surface area contributed by atoms with Gasteiger partial charge >= 0.3 is 0 Å². The minimum absolute atomic E-state index is 0.00922. The smallest absolute Gasteiger partial charge is 0.238 e. The van der Waals surface area contributed by atoms with E-state index < -0.39 is 0 Å². The Bertz CT molecular complexity index is 480. The maximum Gasteiger partial charge on any atom is 0.238 e. The van der Waals surface area contributed by atoms with Crippen LogP contribution in [0.25, 0.3) is 0 Å². The van der Waals surface area contributed by atoms with E-state index in [1.165, 1.54) is 0 Å². The lowest BCUT2D eigenvalue weighted by Gasteiger charge is -2.35. The summed E-state index contributed by atoms with van der Waals surface area (Å²) >= 11 is 0. The number of benzene rings is 1. The zero-order valence-electron chi connectivity index (χ0n) is 12.4. The standard InChI is InChI=1S/C15H22N2O4/c1-11-7-17(8-12(10-18)21-11)9-15(19)16-13-5-3-4-6-14(13)20-2/h3-6,11-12,18H,7-10H2,1-2H3,(H,16,19). The highest BCUT2D eigenvalue weighted by molar-refractivity contribution is 5.93. The van der Waals surface area contributed by atoms with Crippen molar-refractivity contribution >= 4 is 11.6 Å². The highest BCUT2D eigenvalue weighted by atomic mass is 16.5. The zero-order valence-corrected chi connectivity index (χ0v) is 12.4. The number of amides is 1. The summed E-state index contributed by atoms with van der Waals surface area (Å²) in [7, 11) is 1.57. The van der Waals surface area contributed by atoms with Crippen molar-refractivity contribution in [1.82, 2.24) is 4.90 Å². The Balaban J connectivity index is 1.92. The predicted octanol–water partition coefficient (Wildman–Crippen LogP) is 0.715. The molecule has 1 amide bonds. The Morgan fingerprint density at radius 2 is 2.24 bits per heavy atom. The summed E-state index contributed by atoms with van der Waals surface area (Å²) in [6, 6.07) is 7.30. The minimum atomic E-state index is -0.229. The van der Waals surface area contributed by atoms with Gasteiger partial charge in [-0.2, -0.15) is 0 Å². The molecule has 6 heteroatoms. The molecule has 1 aromatic carbocycles. The third-order valence-electron chi connectivity index (χ3n) is 3.35. The summed E-state index contributed by atoms with van der Waals surface area (Å²) in [4.78, 5) is 14.1. The van der Waals surface area contributed by atoms with Crippen molar-refractivity contribution in [3.8, 4) is 5.75 Å². The van der Waals surface area contributed by atoms with Gasteiger partial charge in [0, 0.05) is 13.1 Å². The molecule has 0 aliphatic carbocycles. The van der Waals surface area contributed by atoms with Crippen LogP contribution in [0.15, 0.2) is 24.3 Å². The second-order valence-electron chi connectivity index (χ2n) is 5.19. The van der Waals surface area contributed by atoms with Crippen LogP contribution in [0.5, 0.6) is 5.75 Å². The molecule has 21 heavy (non-hydrogen) atoms. The molecule has 2 rings (SSSR count). The number of carbonyl (C=O) groups excluding carboxylic acids is 1. The monoisotopic (exact) mass is 294 g/mol. The van der Waals surface area contributed by atoms with Gasteiger partial charge in [-0.25, -0.2) is 0 Å². The van der Waals surface area contributed by atoms with Crippen LogP contribution < -0.4 is 10.1 Å². The Labute approximate surface area is 124 Å². The van der Waals surface area contributed by atoms with E-state index in [4.69, 9.17) is 9.47 Å². The number of aliphatic hydroxyl groups is 1. The van der Waals surface area contributed by atoms with Gasteiger partial charge in [0.25, 0.3) is 0 Å². The molecular formula is C15H22N2O4. The zero-order chi connectivity index (χ0) is 15.2. The van der Waals surface area contributed by atoms with E-state index in [1.807, 2.05) is 24.0 Å². The van der Waals surface area contributed by atoms with Crippen molar-refractivity contribution in [2.75, 3.05) is 38.7 Å². The Kier molecular flexibility index (Phi) is 5.55. The van der Waals surface area contributed by atoms with Crippen LogP contribution >= 0.6 is 0 Å². The number of nitrogens with zero attached hydrogens (tertiary/aromatic N) is 1. The average molecular weight is 294 g/mol. The molecule has 1 aliphatic heterocycles. The molecule has 2 N–H and O–H groups in total. The van der Waals surface area contributed by atoms with Crippen molar-refractivity contribution in [3.05, 3.63) is 24.3 Å². The normalized spacial score (nSPS) is 22.8. The van der Waals surface area contributed by atoms with Gasteiger partial charge in [-0.05, 0) is 19.1 Å². The number of rotatable bonds is 5. The molecule has 0 spiro atoms. The number of methoxy groups -OCH3 is 1. The van der Waals surface area contributed by atoms with E-state index in [0.29, 0.717) is 24.5 Å². The SMILES string of the molecule is COc1ccccc1NC(=O)CN1CC(C)OC(CO)C1. The summed E-state index contributed by atoms with van der Waals surface area (Å²) in [6.45, 7) is 3.40. The predicted molar refractivity (Wildman–Crippen MR) is 79.5 cm³/mol. The van der Waals surface area contributed by atoms with Crippen LogP contribution in [0.2, 0.25) is 0 Å². The van der Waals surface area contributed by atoms with Crippen molar-refractivity contribution < 1.29 is 19.4 Å². The lowest BCUT2D eigenvalue weighted by atomic mass is 10.2. The van der Waals surface area contributed by atoms with Crippen molar-refractivity contribution in [1.29, 1.82) is 0 Å². The summed E-state index contributed by atoms with van der Waals surface area (Å²) in [5.74, 6) is 0.528. The third-order valence-corrected chi connectivity index (χ3v) is 3.35. The molecule has 0 aromatic heterocycles. The van der Waals surface area contributed by atoms with Crippen molar-refractivity contribution in [2.45, 2.75) is 19.1 Å². The van der Waals surface area contributed by atoms with E-state index in [0.717, 1.165) is 0 Å². The van der Waals surface area contributed by atoms with Gasteiger partial charge in [0.1, 0.15) is 5.75 Å². The van der Waals surface area contributed by atoms with E-state index in [9.17, 15) is 9.90 Å². The quantitative estimate of drug-likeness (QED) is 0.837. The number of anilines is 1. The van der Waals surface area contributed by atoms with Gasteiger partial charge in [-0.15, -0.1) is 0 Å². The van der Waals surface area contributed by atoms with E-state index in [1.54, 1.807) is 19.2 Å². The average Bonchev–Trinajstić information content (AvgIpc) is 2.47. The molecule has 1 aliphatic rings. The largest absolute Gasteiger partial charge is 0.495 e. The molecule has 1 aromatic rings. The second-order valence-corrected chi connectivity index (χ2v) is 5.19. The summed E-state index contributed by atoms with van der Waals surface area (Å²) in [5.41, 5.74) is 0.657. The highest BCUT2D eigenvalue weighted by Crippen LogP contribution is 2.23.